The van der Waals surface area contributed by atoms with Gasteiger partial charge >= 0.3 is 5.97 Å². The van der Waals surface area contributed by atoms with E-state index in [9.17, 15) is 4.79 Å². The SMILES string of the molecule is CSCC[C@@H](C(=O)O)N(O)O. The first-order valence-electron chi connectivity index (χ1n) is 2.98. The van der Waals surface area contributed by atoms with Crippen LogP contribution in [0.3, 0.4) is 0 Å². The summed E-state index contributed by atoms with van der Waals surface area (Å²) in [7, 11) is 0. The van der Waals surface area contributed by atoms with Crippen LogP contribution in [0.5, 0.6) is 0 Å². The Labute approximate surface area is 68.5 Å². The molecule has 0 rings (SSSR count). The third-order valence-electron chi connectivity index (χ3n) is 1.16. The van der Waals surface area contributed by atoms with Gasteiger partial charge in [-0.2, -0.15) is 11.8 Å². The first-order valence-corrected chi connectivity index (χ1v) is 4.37. The monoisotopic (exact) mass is 181 g/mol. The zero-order chi connectivity index (χ0) is 8.85. The Morgan fingerprint density at radius 3 is 2.45 bits per heavy atom. The molecule has 0 fully saturated rings. The molecule has 0 aliphatic rings. The van der Waals surface area contributed by atoms with Crippen LogP contribution in [0.25, 0.3) is 0 Å². The maximum absolute atomic E-state index is 10.3. The third kappa shape index (κ3) is 4.20. The first-order chi connectivity index (χ1) is 5.09. The minimum Gasteiger partial charge on any atom is -0.480 e. The van der Waals surface area contributed by atoms with E-state index in [1.807, 2.05) is 6.26 Å². The standard InChI is InChI=1S/C5H11NO4S/c1-11-3-2-4(5(7)8)6(9)10/h4,9-10H,2-3H2,1H3,(H,7,8)/t4-/m0/s1. The molecule has 0 amide bonds. The zero-order valence-electron chi connectivity index (χ0n) is 6.10. The van der Waals surface area contributed by atoms with Crippen molar-refractivity contribution in [1.82, 2.24) is 5.23 Å². The second-order valence-corrected chi connectivity index (χ2v) is 2.94. The number of hydrogen-bond acceptors (Lipinski definition) is 5. The third-order valence-corrected chi connectivity index (χ3v) is 1.80. The van der Waals surface area contributed by atoms with E-state index in [0.29, 0.717) is 5.75 Å². The molecule has 0 unspecified atom stereocenters. The van der Waals surface area contributed by atoms with Gasteiger partial charge in [0.15, 0.2) is 6.04 Å². The molecule has 0 radical (unpaired) electrons. The molecule has 0 aromatic rings. The topological polar surface area (TPSA) is 81.0 Å². The Bertz CT molecular complexity index is 130. The van der Waals surface area contributed by atoms with Gasteiger partial charge in [-0.3, -0.25) is 15.2 Å². The van der Waals surface area contributed by atoms with E-state index in [2.05, 4.69) is 0 Å². The van der Waals surface area contributed by atoms with Gasteiger partial charge in [0, 0.05) is 0 Å². The molecule has 0 aromatic heterocycles. The van der Waals surface area contributed by atoms with E-state index in [1.165, 1.54) is 11.8 Å². The fourth-order valence-electron chi connectivity index (χ4n) is 0.567. The molecule has 0 aliphatic heterocycles. The Kier molecular flexibility index (Phi) is 5.22. The van der Waals surface area contributed by atoms with Gasteiger partial charge in [-0.25, -0.2) is 0 Å². The van der Waals surface area contributed by atoms with Crippen LogP contribution in [-0.2, 0) is 4.79 Å². The summed E-state index contributed by atoms with van der Waals surface area (Å²) < 4.78 is 0. The molecule has 66 valence electrons. The molecule has 0 aliphatic carbocycles. The van der Waals surface area contributed by atoms with Crippen molar-refractivity contribution in [1.29, 1.82) is 0 Å². The maximum atomic E-state index is 10.3. The highest BCUT2D eigenvalue weighted by atomic mass is 32.2. The summed E-state index contributed by atoms with van der Waals surface area (Å²) in [5, 5.41) is 24.9. The van der Waals surface area contributed by atoms with Crippen LogP contribution < -0.4 is 0 Å². The van der Waals surface area contributed by atoms with Crippen molar-refractivity contribution < 1.29 is 20.3 Å². The van der Waals surface area contributed by atoms with E-state index in [4.69, 9.17) is 15.5 Å². The van der Waals surface area contributed by atoms with E-state index >= 15 is 0 Å². The predicted octanol–water partition coefficient (Wildman–Crippen LogP) is 0.273. The van der Waals surface area contributed by atoms with Gasteiger partial charge < -0.3 is 5.11 Å². The van der Waals surface area contributed by atoms with Gasteiger partial charge in [0.05, 0.1) is 0 Å². The number of carboxylic acid groups (broad SMARTS) is 1. The number of rotatable bonds is 5. The summed E-state index contributed by atoms with van der Waals surface area (Å²) in [5.41, 5.74) is 0. The second kappa shape index (κ2) is 5.36. The highest BCUT2D eigenvalue weighted by molar-refractivity contribution is 7.98. The zero-order valence-corrected chi connectivity index (χ0v) is 6.91. The molecule has 11 heavy (non-hydrogen) atoms. The van der Waals surface area contributed by atoms with Crippen LogP contribution in [-0.4, -0.2) is 44.8 Å². The van der Waals surface area contributed by atoms with Gasteiger partial charge in [0.25, 0.3) is 0 Å². The fraction of sp³-hybridized carbons (Fsp3) is 0.800. The Morgan fingerprint density at radius 2 is 2.18 bits per heavy atom. The molecule has 0 saturated heterocycles. The summed E-state index contributed by atoms with van der Waals surface area (Å²) in [6.45, 7) is 0. The summed E-state index contributed by atoms with van der Waals surface area (Å²) in [4.78, 5) is 10.3. The van der Waals surface area contributed by atoms with Gasteiger partial charge in [-0.1, -0.05) is 5.23 Å². The van der Waals surface area contributed by atoms with Crippen LogP contribution in [0.15, 0.2) is 0 Å². The Morgan fingerprint density at radius 1 is 1.64 bits per heavy atom. The number of carbonyl (C=O) groups is 1. The highest BCUT2D eigenvalue weighted by Crippen LogP contribution is 2.04. The van der Waals surface area contributed by atoms with Crippen molar-refractivity contribution in [3.05, 3.63) is 0 Å². The molecular weight excluding hydrogens is 170 g/mol. The van der Waals surface area contributed by atoms with Crippen molar-refractivity contribution in [3.8, 4) is 0 Å². The van der Waals surface area contributed by atoms with Gasteiger partial charge in [0.1, 0.15) is 0 Å². The summed E-state index contributed by atoms with van der Waals surface area (Å²) >= 11 is 1.45. The lowest BCUT2D eigenvalue weighted by Crippen LogP contribution is -2.36. The van der Waals surface area contributed by atoms with Crippen molar-refractivity contribution >= 4 is 17.7 Å². The Hall–Kier alpha value is -0.300. The lowest BCUT2D eigenvalue weighted by atomic mass is 10.2. The van der Waals surface area contributed by atoms with Gasteiger partial charge in [0.2, 0.25) is 0 Å². The van der Waals surface area contributed by atoms with E-state index in [-0.39, 0.29) is 11.6 Å². The van der Waals surface area contributed by atoms with Gasteiger partial charge in [-0.05, 0) is 18.4 Å². The number of hydrogen-bond donors (Lipinski definition) is 3. The second-order valence-electron chi connectivity index (χ2n) is 1.96. The lowest BCUT2D eigenvalue weighted by molar-refractivity contribution is -0.327. The summed E-state index contributed by atoms with van der Waals surface area (Å²) in [6, 6.07) is -1.22. The minimum atomic E-state index is -1.23. The molecule has 0 heterocycles. The van der Waals surface area contributed by atoms with Crippen LogP contribution in [0, 0.1) is 0 Å². The average molecular weight is 181 g/mol. The van der Waals surface area contributed by atoms with E-state index < -0.39 is 12.0 Å². The smallest absolute Gasteiger partial charge is 0.325 e. The normalized spacial score (nSPS) is 13.5. The van der Waals surface area contributed by atoms with Crippen LogP contribution in [0.4, 0.5) is 0 Å². The first kappa shape index (κ1) is 10.7. The molecule has 0 aromatic carbocycles. The number of nitrogens with zero attached hydrogens (tertiary/aromatic N) is 1. The number of hydroxylamine groups is 2. The van der Waals surface area contributed by atoms with Crippen molar-refractivity contribution in [2.45, 2.75) is 12.5 Å². The summed E-state index contributed by atoms with van der Waals surface area (Å²) in [6.07, 6.45) is 2.03. The van der Waals surface area contributed by atoms with Crippen molar-refractivity contribution in [3.63, 3.8) is 0 Å². The van der Waals surface area contributed by atoms with Gasteiger partial charge in [-0.15, -0.1) is 0 Å². The quantitative estimate of drug-likeness (QED) is 0.528. The molecule has 0 saturated carbocycles. The van der Waals surface area contributed by atoms with Crippen molar-refractivity contribution in [2.24, 2.45) is 0 Å². The molecule has 0 bridgehead atoms. The molecule has 0 spiro atoms. The number of thioether (sulfide) groups is 1. The molecule has 3 N–H and O–H groups in total. The Balaban J connectivity index is 3.80. The van der Waals surface area contributed by atoms with Crippen LogP contribution >= 0.6 is 11.8 Å². The number of carboxylic acids is 1. The average Bonchev–Trinajstić information content (AvgIpc) is 1.87. The molecular formula is C5H11NO4S. The predicted molar refractivity (Wildman–Crippen MR) is 39.8 cm³/mol. The molecule has 6 heteroatoms. The molecule has 1 atom stereocenters. The van der Waals surface area contributed by atoms with E-state index in [1.54, 1.807) is 0 Å². The lowest BCUT2D eigenvalue weighted by Gasteiger charge is -2.14. The summed E-state index contributed by atoms with van der Waals surface area (Å²) in [5.74, 6) is -0.654. The maximum Gasteiger partial charge on any atom is 0.325 e. The van der Waals surface area contributed by atoms with Crippen LogP contribution in [0.2, 0.25) is 0 Å². The largest absolute Gasteiger partial charge is 0.480 e. The number of aliphatic carboxylic acids is 1. The fourth-order valence-corrected chi connectivity index (χ4v) is 1.03. The minimum absolute atomic E-state index is 0.212. The van der Waals surface area contributed by atoms with Crippen molar-refractivity contribution in [2.75, 3.05) is 12.0 Å². The van der Waals surface area contributed by atoms with E-state index in [0.717, 1.165) is 0 Å². The highest BCUT2D eigenvalue weighted by Gasteiger charge is 2.22. The van der Waals surface area contributed by atoms with Crippen LogP contribution in [0.1, 0.15) is 6.42 Å². The molecule has 5 nitrogen and oxygen atoms in total.